The first-order valence-corrected chi connectivity index (χ1v) is 6.60. The maximum atomic E-state index is 11.6. The molecule has 0 aliphatic heterocycles. The van der Waals surface area contributed by atoms with Gasteiger partial charge in [-0.25, -0.2) is 4.68 Å². The molecular formula is C13H16N6O. The number of carbonyl (C=O) groups is 1. The van der Waals surface area contributed by atoms with Gasteiger partial charge in [0.15, 0.2) is 5.82 Å². The first kappa shape index (κ1) is 12.7. The van der Waals surface area contributed by atoms with Gasteiger partial charge in [-0.2, -0.15) is 0 Å². The largest absolute Gasteiger partial charge is 0.325 e. The quantitative estimate of drug-likeness (QED) is 0.842. The lowest BCUT2D eigenvalue weighted by Gasteiger charge is -2.07. The smallest absolute Gasteiger partial charge is 0.238 e. The van der Waals surface area contributed by atoms with E-state index < -0.39 is 0 Å². The molecule has 1 saturated carbocycles. The van der Waals surface area contributed by atoms with E-state index in [1.807, 2.05) is 28.9 Å². The summed E-state index contributed by atoms with van der Waals surface area (Å²) < 4.78 is 1.86. The number of tetrazole rings is 1. The second kappa shape index (κ2) is 5.38. The zero-order chi connectivity index (χ0) is 13.9. The van der Waals surface area contributed by atoms with Crippen molar-refractivity contribution in [3.63, 3.8) is 0 Å². The Labute approximate surface area is 116 Å². The zero-order valence-electron chi connectivity index (χ0n) is 11.2. The summed E-state index contributed by atoms with van der Waals surface area (Å²) in [4.78, 5) is 11.6. The van der Waals surface area contributed by atoms with Crippen LogP contribution in [0.25, 0.3) is 11.4 Å². The number of benzene rings is 1. The minimum atomic E-state index is -0.0774. The Morgan fingerprint density at radius 3 is 3.05 bits per heavy atom. The molecule has 1 aromatic heterocycles. The average Bonchev–Trinajstić information content (AvgIpc) is 3.16. The van der Waals surface area contributed by atoms with Gasteiger partial charge in [0, 0.05) is 11.3 Å². The van der Waals surface area contributed by atoms with E-state index in [-0.39, 0.29) is 12.5 Å². The van der Waals surface area contributed by atoms with E-state index in [4.69, 9.17) is 0 Å². The normalized spacial score (nSPS) is 14.2. The summed E-state index contributed by atoms with van der Waals surface area (Å²) in [6, 6.07) is 7.98. The summed E-state index contributed by atoms with van der Waals surface area (Å²) in [5, 5.41) is 17.5. The van der Waals surface area contributed by atoms with Gasteiger partial charge in [-0.05, 0) is 42.4 Å². The van der Waals surface area contributed by atoms with E-state index >= 15 is 0 Å². The van der Waals surface area contributed by atoms with Gasteiger partial charge >= 0.3 is 0 Å². The summed E-state index contributed by atoms with van der Waals surface area (Å²) in [7, 11) is 1.74. The maximum absolute atomic E-state index is 11.6. The molecule has 1 aliphatic rings. The number of amides is 1. The zero-order valence-corrected chi connectivity index (χ0v) is 11.2. The summed E-state index contributed by atoms with van der Waals surface area (Å²) in [6.07, 6.45) is 2.24. The molecule has 0 saturated heterocycles. The number of aromatic nitrogens is 4. The lowest BCUT2D eigenvalue weighted by molar-refractivity contribution is -0.115. The van der Waals surface area contributed by atoms with E-state index in [0.29, 0.717) is 6.04 Å². The lowest BCUT2D eigenvalue weighted by Crippen LogP contribution is -2.25. The third kappa shape index (κ3) is 2.67. The molecule has 1 aromatic carbocycles. The first-order valence-electron chi connectivity index (χ1n) is 6.60. The van der Waals surface area contributed by atoms with Gasteiger partial charge in [0.05, 0.1) is 12.6 Å². The van der Waals surface area contributed by atoms with Gasteiger partial charge in [0.25, 0.3) is 0 Å². The van der Waals surface area contributed by atoms with Crippen LogP contribution in [0.15, 0.2) is 24.3 Å². The Bertz CT molecular complexity index is 619. The summed E-state index contributed by atoms with van der Waals surface area (Å²) in [5.41, 5.74) is 1.65. The molecule has 1 amide bonds. The molecule has 20 heavy (non-hydrogen) atoms. The number of hydrogen-bond acceptors (Lipinski definition) is 5. The average molecular weight is 272 g/mol. The highest BCUT2D eigenvalue weighted by atomic mass is 16.1. The van der Waals surface area contributed by atoms with Crippen molar-refractivity contribution in [3.05, 3.63) is 24.3 Å². The molecule has 1 heterocycles. The molecule has 0 bridgehead atoms. The Kier molecular flexibility index (Phi) is 3.42. The standard InChI is InChI=1S/C13H16N6O/c1-14-8-12(20)15-10-4-2-3-9(7-10)13-16-17-18-19(13)11-5-6-11/h2-4,7,11,14H,5-6,8H2,1H3,(H,15,20). The molecule has 0 atom stereocenters. The van der Waals surface area contributed by atoms with Crippen molar-refractivity contribution in [2.24, 2.45) is 0 Å². The summed E-state index contributed by atoms with van der Waals surface area (Å²) >= 11 is 0. The molecule has 3 rings (SSSR count). The number of carbonyl (C=O) groups excluding carboxylic acids is 1. The molecule has 0 radical (unpaired) electrons. The highest BCUT2D eigenvalue weighted by Gasteiger charge is 2.28. The van der Waals surface area contributed by atoms with Crippen LogP contribution in [0.1, 0.15) is 18.9 Å². The van der Waals surface area contributed by atoms with Crippen molar-refractivity contribution in [1.82, 2.24) is 25.5 Å². The van der Waals surface area contributed by atoms with Crippen LogP contribution in [-0.4, -0.2) is 39.7 Å². The highest BCUT2D eigenvalue weighted by Crippen LogP contribution is 2.36. The van der Waals surface area contributed by atoms with Crippen LogP contribution in [0.3, 0.4) is 0 Å². The lowest BCUT2D eigenvalue weighted by atomic mass is 10.2. The van der Waals surface area contributed by atoms with Crippen molar-refractivity contribution in [1.29, 1.82) is 0 Å². The van der Waals surface area contributed by atoms with Crippen molar-refractivity contribution in [3.8, 4) is 11.4 Å². The van der Waals surface area contributed by atoms with Crippen molar-refractivity contribution in [2.75, 3.05) is 18.9 Å². The monoisotopic (exact) mass is 272 g/mol. The van der Waals surface area contributed by atoms with Crippen molar-refractivity contribution < 1.29 is 4.79 Å². The molecule has 2 aromatic rings. The van der Waals surface area contributed by atoms with Crippen LogP contribution < -0.4 is 10.6 Å². The molecule has 1 fully saturated rings. The third-order valence-corrected chi connectivity index (χ3v) is 3.13. The van der Waals surface area contributed by atoms with Gasteiger partial charge in [0.1, 0.15) is 0 Å². The number of likely N-dealkylation sites (N-methyl/N-ethyl adjacent to an activating group) is 1. The molecular weight excluding hydrogens is 256 g/mol. The highest BCUT2D eigenvalue weighted by molar-refractivity contribution is 5.92. The SMILES string of the molecule is CNCC(=O)Nc1cccc(-c2nnnn2C2CC2)c1. The fraction of sp³-hybridized carbons (Fsp3) is 0.385. The van der Waals surface area contributed by atoms with Gasteiger partial charge < -0.3 is 10.6 Å². The first-order chi connectivity index (χ1) is 9.78. The Morgan fingerprint density at radius 1 is 1.45 bits per heavy atom. The number of hydrogen-bond donors (Lipinski definition) is 2. The van der Waals surface area contributed by atoms with Crippen LogP contribution >= 0.6 is 0 Å². The fourth-order valence-corrected chi connectivity index (χ4v) is 2.05. The van der Waals surface area contributed by atoms with Crippen LogP contribution in [-0.2, 0) is 4.79 Å². The minimum Gasteiger partial charge on any atom is -0.325 e. The third-order valence-electron chi connectivity index (χ3n) is 3.13. The number of nitrogens with zero attached hydrogens (tertiary/aromatic N) is 4. The fourth-order valence-electron chi connectivity index (χ4n) is 2.05. The van der Waals surface area contributed by atoms with Gasteiger partial charge in [0.2, 0.25) is 5.91 Å². The number of anilines is 1. The maximum Gasteiger partial charge on any atom is 0.238 e. The molecule has 104 valence electrons. The molecule has 1 aliphatic carbocycles. The molecule has 2 N–H and O–H groups in total. The number of rotatable bonds is 5. The molecule has 0 spiro atoms. The minimum absolute atomic E-state index is 0.0774. The second-order valence-corrected chi connectivity index (χ2v) is 4.84. The molecule has 0 unspecified atom stereocenters. The second-order valence-electron chi connectivity index (χ2n) is 4.84. The van der Waals surface area contributed by atoms with Crippen LogP contribution in [0.2, 0.25) is 0 Å². The van der Waals surface area contributed by atoms with Crippen LogP contribution in [0.5, 0.6) is 0 Å². The van der Waals surface area contributed by atoms with E-state index in [1.165, 1.54) is 0 Å². The van der Waals surface area contributed by atoms with E-state index in [0.717, 1.165) is 29.9 Å². The predicted octanol–water partition coefficient (Wildman–Crippen LogP) is 0.833. The van der Waals surface area contributed by atoms with E-state index in [2.05, 4.69) is 26.2 Å². The van der Waals surface area contributed by atoms with Crippen LogP contribution in [0, 0.1) is 0 Å². The Balaban J connectivity index is 1.83. The Hall–Kier alpha value is -2.28. The van der Waals surface area contributed by atoms with Gasteiger partial charge in [-0.15, -0.1) is 5.10 Å². The summed E-state index contributed by atoms with van der Waals surface area (Å²) in [5.74, 6) is 0.670. The summed E-state index contributed by atoms with van der Waals surface area (Å²) in [6.45, 7) is 0.282. The van der Waals surface area contributed by atoms with Gasteiger partial charge in [-0.3, -0.25) is 4.79 Å². The molecule has 7 nitrogen and oxygen atoms in total. The van der Waals surface area contributed by atoms with Crippen LogP contribution in [0.4, 0.5) is 5.69 Å². The van der Waals surface area contributed by atoms with Gasteiger partial charge in [-0.1, -0.05) is 12.1 Å². The van der Waals surface area contributed by atoms with E-state index in [1.54, 1.807) is 7.05 Å². The van der Waals surface area contributed by atoms with Crippen molar-refractivity contribution in [2.45, 2.75) is 18.9 Å². The Morgan fingerprint density at radius 2 is 2.30 bits per heavy atom. The number of nitrogens with one attached hydrogen (secondary N) is 2. The van der Waals surface area contributed by atoms with E-state index in [9.17, 15) is 4.79 Å². The van der Waals surface area contributed by atoms with Crippen molar-refractivity contribution >= 4 is 11.6 Å². The topological polar surface area (TPSA) is 84.7 Å². The predicted molar refractivity (Wildman–Crippen MR) is 74.1 cm³/mol. The molecule has 7 heteroatoms.